The van der Waals surface area contributed by atoms with Crippen molar-refractivity contribution in [3.63, 3.8) is 0 Å². The van der Waals surface area contributed by atoms with E-state index in [1.54, 1.807) is 0 Å². The highest BCUT2D eigenvalue weighted by Crippen LogP contribution is 2.28. The smallest absolute Gasteiger partial charge is 0.162 e. The molecule has 0 unspecified atom stereocenters. The quantitative estimate of drug-likeness (QED) is 0.739. The number of ketones is 1. The summed E-state index contributed by atoms with van der Waals surface area (Å²) < 4.78 is 0. The van der Waals surface area contributed by atoms with E-state index < -0.39 is 0 Å². The zero-order valence-electron chi connectivity index (χ0n) is 11.7. The lowest BCUT2D eigenvalue weighted by molar-refractivity contribution is 0.0988. The molecule has 0 saturated heterocycles. The van der Waals surface area contributed by atoms with Gasteiger partial charge < -0.3 is 0 Å². The Balaban J connectivity index is 1.99. The Bertz CT molecular complexity index is 745. The minimum absolute atomic E-state index is 0.144. The molecule has 0 saturated carbocycles. The van der Waals surface area contributed by atoms with Crippen LogP contribution in [-0.2, 0) is 0 Å². The van der Waals surface area contributed by atoms with E-state index >= 15 is 0 Å². The van der Waals surface area contributed by atoms with Gasteiger partial charge in [-0.15, -0.1) is 0 Å². The number of aromatic amines is 1. The van der Waals surface area contributed by atoms with Crippen LogP contribution in [0.3, 0.4) is 0 Å². The third-order valence-electron chi connectivity index (χ3n) is 3.40. The van der Waals surface area contributed by atoms with E-state index in [9.17, 15) is 4.79 Å². The van der Waals surface area contributed by atoms with Gasteiger partial charge in [-0.25, -0.2) is 0 Å². The molecular formula is C17H15N3O. The fourth-order valence-corrected chi connectivity index (χ4v) is 2.25. The van der Waals surface area contributed by atoms with Crippen molar-refractivity contribution in [3.8, 4) is 22.5 Å². The number of hydrogen-bond acceptors (Lipinski definition) is 3. The fraction of sp³-hybridized carbons (Fsp3) is 0.118. The Hall–Kier alpha value is -2.75. The normalized spacial score (nSPS) is 10.5. The van der Waals surface area contributed by atoms with E-state index in [-0.39, 0.29) is 5.78 Å². The predicted octanol–water partition coefficient (Wildman–Crippen LogP) is 3.73. The van der Waals surface area contributed by atoms with E-state index in [0.29, 0.717) is 6.42 Å². The lowest BCUT2D eigenvalue weighted by Gasteiger charge is -2.03. The Morgan fingerprint density at radius 1 is 0.905 bits per heavy atom. The zero-order valence-corrected chi connectivity index (χ0v) is 11.7. The minimum Gasteiger partial charge on any atom is -0.294 e. The lowest BCUT2D eigenvalue weighted by Crippen LogP contribution is -1.95. The molecule has 104 valence electrons. The van der Waals surface area contributed by atoms with Gasteiger partial charge in [0.05, 0.1) is 0 Å². The van der Waals surface area contributed by atoms with E-state index in [0.717, 1.165) is 28.1 Å². The summed E-state index contributed by atoms with van der Waals surface area (Å²) >= 11 is 0. The average Bonchev–Trinajstić information content (AvgIpc) is 3.04. The molecule has 21 heavy (non-hydrogen) atoms. The summed E-state index contributed by atoms with van der Waals surface area (Å²) in [5.74, 6) is 0.144. The first-order chi connectivity index (χ1) is 10.3. The van der Waals surface area contributed by atoms with Crippen LogP contribution in [-0.4, -0.2) is 21.2 Å². The second-order valence-electron chi connectivity index (χ2n) is 4.74. The summed E-state index contributed by atoms with van der Waals surface area (Å²) in [6.45, 7) is 1.86. The van der Waals surface area contributed by atoms with Crippen molar-refractivity contribution in [1.82, 2.24) is 15.4 Å². The Morgan fingerprint density at radius 3 is 2.05 bits per heavy atom. The Kier molecular flexibility index (Phi) is 3.60. The minimum atomic E-state index is 0.144. The predicted molar refractivity (Wildman–Crippen MR) is 81.9 cm³/mol. The van der Waals surface area contributed by atoms with Crippen molar-refractivity contribution in [2.24, 2.45) is 0 Å². The first-order valence-electron chi connectivity index (χ1n) is 6.89. The molecule has 1 aromatic heterocycles. The number of carbonyl (C=O) groups excluding carboxylic acids is 1. The van der Waals surface area contributed by atoms with Crippen LogP contribution < -0.4 is 0 Å². The summed E-state index contributed by atoms with van der Waals surface area (Å²) in [5, 5.41) is 11.1. The van der Waals surface area contributed by atoms with Crippen LogP contribution in [0.2, 0.25) is 0 Å². The number of nitrogens with zero attached hydrogens (tertiary/aromatic N) is 2. The molecule has 0 atom stereocenters. The second-order valence-corrected chi connectivity index (χ2v) is 4.74. The first kappa shape index (κ1) is 13.2. The summed E-state index contributed by atoms with van der Waals surface area (Å²) in [7, 11) is 0. The topological polar surface area (TPSA) is 58.6 Å². The summed E-state index contributed by atoms with van der Waals surface area (Å²) in [6, 6.07) is 17.4. The maximum Gasteiger partial charge on any atom is 0.162 e. The molecule has 0 bridgehead atoms. The van der Waals surface area contributed by atoms with Gasteiger partial charge in [-0.3, -0.25) is 4.79 Å². The monoisotopic (exact) mass is 277 g/mol. The molecule has 0 fully saturated rings. The Labute approximate surface area is 122 Å². The number of benzene rings is 2. The van der Waals surface area contributed by atoms with Gasteiger partial charge >= 0.3 is 0 Å². The molecule has 1 N–H and O–H groups in total. The number of rotatable bonds is 4. The highest BCUT2D eigenvalue weighted by atomic mass is 16.1. The standard InChI is InChI=1S/C17H15N3O/c1-2-15(21)12-8-10-14(11-9-12)17-16(18-20-19-17)13-6-4-3-5-7-13/h3-11H,2H2,1H3,(H,18,19,20). The van der Waals surface area contributed by atoms with Crippen molar-refractivity contribution in [3.05, 3.63) is 60.2 Å². The van der Waals surface area contributed by atoms with E-state index in [1.165, 1.54) is 0 Å². The summed E-state index contributed by atoms with van der Waals surface area (Å²) in [5.41, 5.74) is 4.28. The number of hydrogen-bond donors (Lipinski definition) is 1. The van der Waals surface area contributed by atoms with Gasteiger partial charge in [0.2, 0.25) is 0 Å². The molecule has 0 aliphatic carbocycles. The van der Waals surface area contributed by atoms with Crippen molar-refractivity contribution in [1.29, 1.82) is 0 Å². The molecule has 3 aromatic rings. The number of nitrogens with one attached hydrogen (secondary N) is 1. The average molecular weight is 277 g/mol. The van der Waals surface area contributed by atoms with Crippen LogP contribution in [0.25, 0.3) is 22.5 Å². The van der Waals surface area contributed by atoms with Gasteiger partial charge in [-0.1, -0.05) is 61.5 Å². The summed E-state index contributed by atoms with van der Waals surface area (Å²) in [4.78, 5) is 11.7. The van der Waals surface area contributed by atoms with Crippen molar-refractivity contribution in [2.45, 2.75) is 13.3 Å². The van der Waals surface area contributed by atoms with Crippen molar-refractivity contribution in [2.75, 3.05) is 0 Å². The van der Waals surface area contributed by atoms with Gasteiger partial charge in [0.15, 0.2) is 5.78 Å². The van der Waals surface area contributed by atoms with E-state index in [1.807, 2.05) is 61.5 Å². The van der Waals surface area contributed by atoms with Crippen LogP contribution in [0.5, 0.6) is 0 Å². The number of H-pyrrole nitrogens is 1. The maximum absolute atomic E-state index is 11.7. The molecular weight excluding hydrogens is 262 g/mol. The van der Waals surface area contributed by atoms with Gasteiger partial charge in [0, 0.05) is 23.1 Å². The highest BCUT2D eigenvalue weighted by molar-refractivity contribution is 5.96. The lowest BCUT2D eigenvalue weighted by atomic mass is 10.0. The number of Topliss-reactive ketones (excluding diaryl/α,β-unsaturated/α-hetero) is 1. The SMILES string of the molecule is CCC(=O)c1ccc(-c2n[nH]nc2-c2ccccc2)cc1. The van der Waals surface area contributed by atoms with Gasteiger partial charge in [-0.05, 0) is 0 Å². The van der Waals surface area contributed by atoms with Crippen LogP contribution in [0.15, 0.2) is 54.6 Å². The molecule has 3 rings (SSSR count). The third kappa shape index (κ3) is 2.60. The van der Waals surface area contributed by atoms with E-state index in [2.05, 4.69) is 15.4 Å². The molecule has 0 radical (unpaired) electrons. The molecule has 2 aromatic carbocycles. The molecule has 0 spiro atoms. The fourth-order valence-electron chi connectivity index (χ4n) is 2.25. The molecule has 0 amide bonds. The third-order valence-corrected chi connectivity index (χ3v) is 3.40. The van der Waals surface area contributed by atoms with Gasteiger partial charge in [0.25, 0.3) is 0 Å². The van der Waals surface area contributed by atoms with Gasteiger partial charge in [0.1, 0.15) is 11.4 Å². The molecule has 4 heteroatoms. The van der Waals surface area contributed by atoms with Crippen LogP contribution in [0.4, 0.5) is 0 Å². The summed E-state index contributed by atoms with van der Waals surface area (Å²) in [6.07, 6.45) is 0.512. The largest absolute Gasteiger partial charge is 0.294 e. The number of aromatic nitrogens is 3. The van der Waals surface area contributed by atoms with Crippen molar-refractivity contribution < 1.29 is 4.79 Å². The van der Waals surface area contributed by atoms with E-state index in [4.69, 9.17) is 0 Å². The molecule has 1 heterocycles. The van der Waals surface area contributed by atoms with Crippen molar-refractivity contribution >= 4 is 5.78 Å². The van der Waals surface area contributed by atoms with Crippen LogP contribution >= 0.6 is 0 Å². The molecule has 0 aliphatic rings. The zero-order chi connectivity index (χ0) is 14.7. The maximum atomic E-state index is 11.7. The second kappa shape index (κ2) is 5.71. The van der Waals surface area contributed by atoms with Gasteiger partial charge in [-0.2, -0.15) is 15.4 Å². The number of carbonyl (C=O) groups is 1. The molecule has 0 aliphatic heterocycles. The van der Waals surface area contributed by atoms with Crippen LogP contribution in [0, 0.1) is 0 Å². The Morgan fingerprint density at radius 2 is 1.48 bits per heavy atom. The first-order valence-corrected chi connectivity index (χ1v) is 6.89. The highest BCUT2D eigenvalue weighted by Gasteiger charge is 2.12. The molecule has 4 nitrogen and oxygen atoms in total. The van der Waals surface area contributed by atoms with Crippen LogP contribution in [0.1, 0.15) is 23.7 Å².